The summed E-state index contributed by atoms with van der Waals surface area (Å²) in [5, 5.41) is 11.8. The third kappa shape index (κ3) is 7.84. The van der Waals surface area contributed by atoms with Crippen LogP contribution in [0.15, 0.2) is 40.8 Å². The second-order valence-electron chi connectivity index (χ2n) is 10.0. The molecule has 12 heteroatoms. The number of halogens is 1. The van der Waals surface area contributed by atoms with Crippen LogP contribution in [0, 0.1) is 5.82 Å². The molecule has 1 amide bonds. The topological polar surface area (TPSA) is 135 Å². The molecule has 0 radical (unpaired) electrons. The molecular weight excluding hydrogens is 555 g/mol. The Balaban J connectivity index is 1.55. The van der Waals surface area contributed by atoms with Crippen molar-refractivity contribution < 1.29 is 41.4 Å². The van der Waals surface area contributed by atoms with Crippen LogP contribution >= 0.6 is 0 Å². The number of anilines is 1. The Kier molecular flexibility index (Phi) is 10.0. The molecule has 0 bridgehead atoms. The molecule has 222 valence electrons. The molecule has 2 aromatic carbocycles. The van der Waals surface area contributed by atoms with Gasteiger partial charge in [0, 0.05) is 37.3 Å². The fraction of sp³-hybridized carbons (Fsp3) is 0.448. The van der Waals surface area contributed by atoms with Crippen molar-refractivity contribution in [3.63, 3.8) is 0 Å². The maximum absolute atomic E-state index is 13.6. The number of fused-ring (bicyclic) bond motifs is 1. The van der Waals surface area contributed by atoms with Gasteiger partial charge >= 0.3 is 5.97 Å². The van der Waals surface area contributed by atoms with Gasteiger partial charge in [0.2, 0.25) is 10.0 Å². The number of amides is 1. The predicted octanol–water partition coefficient (Wildman–Crippen LogP) is 4.53. The Morgan fingerprint density at radius 1 is 1.07 bits per heavy atom. The van der Waals surface area contributed by atoms with Gasteiger partial charge in [-0.3, -0.25) is 9.10 Å². The fourth-order valence-corrected chi connectivity index (χ4v) is 5.62. The lowest BCUT2D eigenvalue weighted by molar-refractivity contribution is -0.142. The summed E-state index contributed by atoms with van der Waals surface area (Å²) < 4.78 is 57.7. The van der Waals surface area contributed by atoms with Gasteiger partial charge in [-0.1, -0.05) is 0 Å². The summed E-state index contributed by atoms with van der Waals surface area (Å²) in [5.74, 6) is -1.34. The number of nitrogens with one attached hydrogen (secondary N) is 1. The van der Waals surface area contributed by atoms with Crippen LogP contribution < -0.4 is 9.62 Å². The van der Waals surface area contributed by atoms with Gasteiger partial charge in [0.05, 0.1) is 30.7 Å². The van der Waals surface area contributed by atoms with Crippen LogP contribution in [0.2, 0.25) is 0 Å². The summed E-state index contributed by atoms with van der Waals surface area (Å²) in [6.07, 6.45) is 5.18. The highest BCUT2D eigenvalue weighted by atomic mass is 32.2. The number of hydrogen-bond acceptors (Lipinski definition) is 7. The van der Waals surface area contributed by atoms with Gasteiger partial charge in [-0.2, -0.15) is 0 Å². The van der Waals surface area contributed by atoms with Crippen molar-refractivity contribution in [2.75, 3.05) is 50.6 Å². The largest absolute Gasteiger partial charge is 0.480 e. The van der Waals surface area contributed by atoms with E-state index in [0.717, 1.165) is 37.5 Å². The van der Waals surface area contributed by atoms with Gasteiger partial charge in [-0.15, -0.1) is 0 Å². The van der Waals surface area contributed by atoms with Crippen LogP contribution in [-0.4, -0.2) is 71.7 Å². The fourth-order valence-electron chi connectivity index (χ4n) is 4.70. The van der Waals surface area contributed by atoms with Crippen LogP contribution in [0.25, 0.3) is 22.3 Å². The number of unbranched alkanes of at least 4 members (excludes halogenated alkanes) is 2. The summed E-state index contributed by atoms with van der Waals surface area (Å²) in [7, 11) is -2.17. The van der Waals surface area contributed by atoms with Crippen molar-refractivity contribution in [2.45, 2.75) is 38.0 Å². The number of hydrogen-bond donors (Lipinski definition) is 2. The van der Waals surface area contributed by atoms with E-state index in [1.807, 2.05) is 6.07 Å². The zero-order chi connectivity index (χ0) is 29.6. The van der Waals surface area contributed by atoms with Crippen molar-refractivity contribution in [3.05, 3.63) is 53.3 Å². The standard InChI is InChI=1S/C29H35FN2O8S/c1-31-29(35)27-23-16-22(19-6-7-19)24(17-25(23)40-28(27)20-8-10-21(30)11-9-20)32(41(2,36)37)12-15-38-13-4-3-5-14-39-18-26(33)34/h8-11,16-17,19H,3-7,12-15,18H2,1-2H3,(H,31,35)(H,33,34). The second kappa shape index (κ2) is 13.5. The first-order valence-corrected chi connectivity index (χ1v) is 15.4. The SMILES string of the molecule is CNC(=O)c1c(-c2ccc(F)cc2)oc2cc(N(CCOCCCCCOCC(=O)O)S(C)(=O)=O)c(C3CC3)cc12. The number of carboxylic acid groups (broad SMARTS) is 1. The molecule has 10 nitrogen and oxygen atoms in total. The average molecular weight is 591 g/mol. The van der Waals surface area contributed by atoms with Gasteiger partial charge in [0.25, 0.3) is 5.91 Å². The van der Waals surface area contributed by atoms with Crippen LogP contribution in [0.1, 0.15) is 53.9 Å². The second-order valence-corrected chi connectivity index (χ2v) is 11.9. The third-order valence-electron chi connectivity index (χ3n) is 6.83. The summed E-state index contributed by atoms with van der Waals surface area (Å²) in [6.45, 7) is 0.746. The molecule has 0 spiro atoms. The lowest BCUT2D eigenvalue weighted by Gasteiger charge is -2.25. The molecule has 41 heavy (non-hydrogen) atoms. The quantitative estimate of drug-likeness (QED) is 0.232. The number of benzene rings is 2. The number of furan rings is 1. The number of aliphatic carboxylic acids is 1. The number of carbonyl (C=O) groups excluding carboxylic acids is 1. The van der Waals surface area contributed by atoms with Crippen molar-refractivity contribution in [1.82, 2.24) is 5.32 Å². The van der Waals surface area contributed by atoms with E-state index in [-0.39, 0.29) is 37.3 Å². The van der Waals surface area contributed by atoms with E-state index in [2.05, 4.69) is 5.32 Å². The Morgan fingerprint density at radius 3 is 2.37 bits per heavy atom. The van der Waals surface area contributed by atoms with Crippen molar-refractivity contribution in [1.29, 1.82) is 0 Å². The lowest BCUT2D eigenvalue weighted by atomic mass is 10.0. The van der Waals surface area contributed by atoms with Gasteiger partial charge in [-0.25, -0.2) is 17.6 Å². The maximum Gasteiger partial charge on any atom is 0.329 e. The molecule has 2 N–H and O–H groups in total. The molecule has 0 aliphatic heterocycles. The minimum atomic E-state index is -3.68. The molecule has 1 saturated carbocycles. The Morgan fingerprint density at radius 2 is 1.76 bits per heavy atom. The van der Waals surface area contributed by atoms with E-state index in [1.165, 1.54) is 35.6 Å². The molecule has 0 atom stereocenters. The summed E-state index contributed by atoms with van der Waals surface area (Å²) in [4.78, 5) is 23.4. The van der Waals surface area contributed by atoms with Crippen LogP contribution in [0.5, 0.6) is 0 Å². The molecule has 1 fully saturated rings. The van der Waals surface area contributed by atoms with E-state index in [1.54, 1.807) is 6.07 Å². The molecule has 1 heterocycles. The minimum absolute atomic E-state index is 0.0968. The normalized spacial score (nSPS) is 13.4. The zero-order valence-electron chi connectivity index (χ0n) is 23.2. The van der Waals surface area contributed by atoms with Crippen molar-refractivity contribution in [3.8, 4) is 11.3 Å². The smallest absolute Gasteiger partial charge is 0.329 e. The Bertz CT molecular complexity index is 1480. The Hall–Kier alpha value is -3.48. The zero-order valence-corrected chi connectivity index (χ0v) is 24.0. The molecule has 1 aliphatic carbocycles. The van der Waals surface area contributed by atoms with E-state index >= 15 is 0 Å². The first kappa shape index (κ1) is 30.5. The molecule has 1 aromatic heterocycles. The molecule has 0 unspecified atom stereocenters. The minimum Gasteiger partial charge on any atom is -0.480 e. The number of carboxylic acids is 1. The van der Waals surface area contributed by atoms with Crippen LogP contribution in [-0.2, 0) is 24.3 Å². The number of sulfonamides is 1. The van der Waals surface area contributed by atoms with Gasteiger partial charge in [0.1, 0.15) is 23.8 Å². The molecule has 1 aliphatic rings. The summed E-state index contributed by atoms with van der Waals surface area (Å²) in [6, 6.07) is 9.15. The molecule has 4 rings (SSSR count). The lowest BCUT2D eigenvalue weighted by Crippen LogP contribution is -2.34. The first-order chi connectivity index (χ1) is 19.6. The van der Waals surface area contributed by atoms with Crippen molar-refractivity contribution in [2.24, 2.45) is 0 Å². The van der Waals surface area contributed by atoms with E-state index in [4.69, 9.17) is 19.0 Å². The van der Waals surface area contributed by atoms with Gasteiger partial charge in [-0.05, 0) is 73.9 Å². The molecule has 3 aromatic rings. The predicted molar refractivity (Wildman–Crippen MR) is 152 cm³/mol. The molecule has 0 saturated heterocycles. The monoisotopic (exact) mass is 590 g/mol. The number of carbonyl (C=O) groups is 2. The Labute approximate surface area is 238 Å². The van der Waals surface area contributed by atoms with Crippen LogP contribution in [0.3, 0.4) is 0 Å². The number of rotatable bonds is 16. The number of nitrogens with zero attached hydrogens (tertiary/aromatic N) is 1. The third-order valence-corrected chi connectivity index (χ3v) is 8.01. The van der Waals surface area contributed by atoms with E-state index in [0.29, 0.717) is 47.4 Å². The number of ether oxygens (including phenoxy) is 2. The summed E-state index contributed by atoms with van der Waals surface area (Å²) >= 11 is 0. The van der Waals surface area contributed by atoms with E-state index in [9.17, 15) is 22.4 Å². The highest BCUT2D eigenvalue weighted by Gasteiger charge is 2.33. The van der Waals surface area contributed by atoms with Gasteiger partial charge in [0.15, 0.2) is 0 Å². The maximum atomic E-state index is 13.6. The molecular formula is C29H35FN2O8S. The van der Waals surface area contributed by atoms with Crippen molar-refractivity contribution >= 4 is 38.6 Å². The first-order valence-electron chi connectivity index (χ1n) is 13.5. The highest BCUT2D eigenvalue weighted by Crippen LogP contribution is 2.48. The van der Waals surface area contributed by atoms with Crippen LogP contribution in [0.4, 0.5) is 10.1 Å². The van der Waals surface area contributed by atoms with Gasteiger partial charge < -0.3 is 24.3 Å². The summed E-state index contributed by atoms with van der Waals surface area (Å²) in [5.41, 5.74) is 2.50. The highest BCUT2D eigenvalue weighted by molar-refractivity contribution is 7.92. The van der Waals surface area contributed by atoms with E-state index < -0.39 is 21.8 Å². The average Bonchev–Trinajstić information content (AvgIpc) is 3.70.